The highest BCUT2D eigenvalue weighted by Crippen LogP contribution is 2.23. The molecular weight excluding hydrogens is 202 g/mol. The summed E-state index contributed by atoms with van der Waals surface area (Å²) in [5.41, 5.74) is 0.155. The molecule has 1 heterocycles. The smallest absolute Gasteiger partial charge is 0.0517 e. The third-order valence-electron chi connectivity index (χ3n) is 3.42. The van der Waals surface area contributed by atoms with Gasteiger partial charge in [0.05, 0.1) is 12.7 Å². The lowest BCUT2D eigenvalue weighted by Crippen LogP contribution is -2.40. The van der Waals surface area contributed by atoms with Crippen molar-refractivity contribution in [2.75, 3.05) is 19.8 Å². The number of aliphatic hydroxyl groups is 1. The van der Waals surface area contributed by atoms with E-state index in [0.717, 1.165) is 26.2 Å². The lowest BCUT2D eigenvalue weighted by molar-refractivity contribution is 0.123. The van der Waals surface area contributed by atoms with Crippen molar-refractivity contribution in [2.45, 2.75) is 52.7 Å². The van der Waals surface area contributed by atoms with E-state index in [9.17, 15) is 5.11 Å². The summed E-state index contributed by atoms with van der Waals surface area (Å²) in [5, 5.41) is 13.0. The Balaban J connectivity index is 2.26. The maximum absolute atomic E-state index is 9.42. The number of hydrogen-bond donors (Lipinski definition) is 2. The predicted molar refractivity (Wildman–Crippen MR) is 66.5 cm³/mol. The van der Waals surface area contributed by atoms with E-state index in [0.29, 0.717) is 12.0 Å². The van der Waals surface area contributed by atoms with Crippen molar-refractivity contribution in [1.82, 2.24) is 5.32 Å². The van der Waals surface area contributed by atoms with Gasteiger partial charge in [-0.3, -0.25) is 0 Å². The van der Waals surface area contributed by atoms with Crippen LogP contribution in [0.2, 0.25) is 0 Å². The normalized spacial score (nSPS) is 25.7. The maximum atomic E-state index is 9.42. The summed E-state index contributed by atoms with van der Waals surface area (Å²) in [5.74, 6) is 0.655. The van der Waals surface area contributed by atoms with Crippen LogP contribution in [0.3, 0.4) is 0 Å². The van der Waals surface area contributed by atoms with Gasteiger partial charge in [0.1, 0.15) is 0 Å². The standard InChI is InChI=1S/C13H27NO2/c1-10(15)7-13(3,4)9-14-11(2)12-5-6-16-8-12/h10-12,14-15H,5-9H2,1-4H3. The van der Waals surface area contributed by atoms with E-state index in [1.807, 2.05) is 6.92 Å². The van der Waals surface area contributed by atoms with Crippen molar-refractivity contribution in [2.24, 2.45) is 11.3 Å². The van der Waals surface area contributed by atoms with Crippen molar-refractivity contribution in [3.8, 4) is 0 Å². The first-order valence-electron chi connectivity index (χ1n) is 6.40. The van der Waals surface area contributed by atoms with E-state index in [2.05, 4.69) is 26.1 Å². The number of hydrogen-bond acceptors (Lipinski definition) is 3. The SMILES string of the molecule is CC(O)CC(C)(C)CNC(C)C1CCOC1. The summed E-state index contributed by atoms with van der Waals surface area (Å²) in [7, 11) is 0. The van der Waals surface area contributed by atoms with Gasteiger partial charge in [0.25, 0.3) is 0 Å². The highest BCUT2D eigenvalue weighted by molar-refractivity contribution is 4.80. The lowest BCUT2D eigenvalue weighted by atomic mass is 9.86. The highest BCUT2D eigenvalue weighted by Gasteiger charge is 2.25. The van der Waals surface area contributed by atoms with Gasteiger partial charge in [-0.25, -0.2) is 0 Å². The first-order chi connectivity index (χ1) is 7.41. The Labute approximate surface area is 99.6 Å². The molecule has 0 amide bonds. The summed E-state index contributed by atoms with van der Waals surface area (Å²) in [6.07, 6.45) is 1.79. The van der Waals surface area contributed by atoms with Crippen LogP contribution < -0.4 is 5.32 Å². The summed E-state index contributed by atoms with van der Waals surface area (Å²) >= 11 is 0. The van der Waals surface area contributed by atoms with Gasteiger partial charge in [-0.05, 0) is 38.0 Å². The number of rotatable bonds is 6. The Morgan fingerprint density at radius 3 is 2.62 bits per heavy atom. The van der Waals surface area contributed by atoms with Crippen LogP contribution in [-0.4, -0.2) is 37.0 Å². The Morgan fingerprint density at radius 1 is 1.44 bits per heavy atom. The van der Waals surface area contributed by atoms with Crippen molar-refractivity contribution in [1.29, 1.82) is 0 Å². The van der Waals surface area contributed by atoms with Gasteiger partial charge in [0, 0.05) is 19.2 Å². The molecule has 3 heteroatoms. The predicted octanol–water partition coefficient (Wildman–Crippen LogP) is 1.80. The van der Waals surface area contributed by atoms with Crippen LogP contribution in [0.1, 0.15) is 40.5 Å². The molecule has 3 atom stereocenters. The van der Waals surface area contributed by atoms with E-state index in [1.54, 1.807) is 0 Å². The van der Waals surface area contributed by atoms with Crippen LogP contribution in [0.5, 0.6) is 0 Å². The number of aliphatic hydroxyl groups excluding tert-OH is 1. The van der Waals surface area contributed by atoms with Gasteiger partial charge in [-0.1, -0.05) is 13.8 Å². The fraction of sp³-hybridized carbons (Fsp3) is 1.00. The molecule has 0 saturated carbocycles. The van der Waals surface area contributed by atoms with Gasteiger partial charge in [-0.15, -0.1) is 0 Å². The minimum Gasteiger partial charge on any atom is -0.393 e. The summed E-state index contributed by atoms with van der Waals surface area (Å²) in [6.45, 7) is 11.2. The highest BCUT2D eigenvalue weighted by atomic mass is 16.5. The van der Waals surface area contributed by atoms with Crippen LogP contribution >= 0.6 is 0 Å². The molecule has 0 bridgehead atoms. The minimum absolute atomic E-state index is 0.155. The van der Waals surface area contributed by atoms with Gasteiger partial charge < -0.3 is 15.2 Å². The molecule has 1 aliphatic rings. The van der Waals surface area contributed by atoms with Crippen LogP contribution in [-0.2, 0) is 4.74 Å². The van der Waals surface area contributed by atoms with Gasteiger partial charge in [0.2, 0.25) is 0 Å². The van der Waals surface area contributed by atoms with E-state index in [4.69, 9.17) is 4.74 Å². The van der Waals surface area contributed by atoms with E-state index >= 15 is 0 Å². The van der Waals surface area contributed by atoms with Gasteiger partial charge in [0.15, 0.2) is 0 Å². The molecular formula is C13H27NO2. The molecule has 0 aromatic rings. The topological polar surface area (TPSA) is 41.5 Å². The van der Waals surface area contributed by atoms with E-state index in [-0.39, 0.29) is 11.5 Å². The molecule has 0 spiro atoms. The molecule has 3 unspecified atom stereocenters. The Kier molecular flexibility index (Phi) is 5.22. The molecule has 1 aliphatic heterocycles. The summed E-state index contributed by atoms with van der Waals surface area (Å²) < 4.78 is 5.39. The third kappa shape index (κ3) is 4.81. The Bertz CT molecular complexity index is 198. The van der Waals surface area contributed by atoms with Crippen molar-refractivity contribution >= 4 is 0 Å². The monoisotopic (exact) mass is 229 g/mol. The first-order valence-corrected chi connectivity index (χ1v) is 6.40. The lowest BCUT2D eigenvalue weighted by Gasteiger charge is -2.30. The number of ether oxygens (including phenoxy) is 1. The average Bonchev–Trinajstić information content (AvgIpc) is 2.64. The van der Waals surface area contributed by atoms with E-state index in [1.165, 1.54) is 6.42 Å². The van der Waals surface area contributed by atoms with Crippen LogP contribution in [0.15, 0.2) is 0 Å². The average molecular weight is 229 g/mol. The van der Waals surface area contributed by atoms with Crippen LogP contribution in [0.25, 0.3) is 0 Å². The fourth-order valence-electron chi connectivity index (χ4n) is 2.42. The molecule has 3 nitrogen and oxygen atoms in total. The molecule has 1 saturated heterocycles. The second-order valence-corrected chi connectivity index (χ2v) is 6.01. The molecule has 1 fully saturated rings. The van der Waals surface area contributed by atoms with Gasteiger partial charge in [-0.2, -0.15) is 0 Å². The molecule has 1 rings (SSSR count). The fourth-order valence-corrected chi connectivity index (χ4v) is 2.42. The van der Waals surface area contributed by atoms with E-state index < -0.39 is 0 Å². The molecule has 0 aliphatic carbocycles. The summed E-state index contributed by atoms with van der Waals surface area (Å²) in [4.78, 5) is 0. The van der Waals surface area contributed by atoms with Crippen molar-refractivity contribution in [3.63, 3.8) is 0 Å². The van der Waals surface area contributed by atoms with Crippen LogP contribution in [0, 0.1) is 11.3 Å². The molecule has 2 N–H and O–H groups in total. The zero-order valence-electron chi connectivity index (χ0n) is 11.1. The van der Waals surface area contributed by atoms with Crippen LogP contribution in [0.4, 0.5) is 0 Å². The molecule has 0 aromatic carbocycles. The first kappa shape index (κ1) is 13.9. The largest absolute Gasteiger partial charge is 0.393 e. The molecule has 0 radical (unpaired) electrons. The quantitative estimate of drug-likeness (QED) is 0.730. The second kappa shape index (κ2) is 5.99. The minimum atomic E-state index is -0.220. The van der Waals surface area contributed by atoms with Crippen molar-refractivity contribution < 1.29 is 9.84 Å². The Morgan fingerprint density at radius 2 is 2.12 bits per heavy atom. The maximum Gasteiger partial charge on any atom is 0.0517 e. The zero-order valence-corrected chi connectivity index (χ0v) is 11.1. The Hall–Kier alpha value is -0.120. The van der Waals surface area contributed by atoms with Gasteiger partial charge >= 0.3 is 0 Å². The summed E-state index contributed by atoms with van der Waals surface area (Å²) in [6, 6.07) is 0.510. The third-order valence-corrected chi connectivity index (χ3v) is 3.42. The van der Waals surface area contributed by atoms with Crippen molar-refractivity contribution in [3.05, 3.63) is 0 Å². The molecule has 16 heavy (non-hydrogen) atoms. The zero-order chi connectivity index (χ0) is 12.2. The molecule has 96 valence electrons. The molecule has 0 aromatic heterocycles. The number of nitrogens with one attached hydrogen (secondary N) is 1. The second-order valence-electron chi connectivity index (χ2n) is 6.01.